The van der Waals surface area contributed by atoms with Crippen molar-refractivity contribution in [3.63, 3.8) is 0 Å². The van der Waals surface area contributed by atoms with E-state index in [4.69, 9.17) is 0 Å². The topological polar surface area (TPSA) is 63.1 Å². The highest BCUT2D eigenvalue weighted by Gasteiger charge is 2.51. The molecule has 3 aliphatic rings. The first-order chi connectivity index (χ1) is 9.96. The summed E-state index contributed by atoms with van der Waals surface area (Å²) in [7, 11) is 0. The molecule has 0 unspecified atom stereocenters. The van der Waals surface area contributed by atoms with E-state index in [1.165, 1.54) is 0 Å². The van der Waals surface area contributed by atoms with Gasteiger partial charge in [0.25, 0.3) is 11.5 Å². The second-order valence-electron chi connectivity index (χ2n) is 6.75. The minimum Gasteiger partial charge on any atom is -0.327 e. The minimum atomic E-state index is -0.515. The Hall–Kier alpha value is -1.14. The van der Waals surface area contributed by atoms with Gasteiger partial charge < -0.3 is 10.6 Å². The van der Waals surface area contributed by atoms with E-state index in [2.05, 4.69) is 26.6 Å². The fourth-order valence-corrected chi connectivity index (χ4v) is 4.62. The Kier molecular flexibility index (Phi) is 2.70. The minimum absolute atomic E-state index is 0.100. The molecule has 112 valence electrons. The second kappa shape index (κ2) is 4.20. The van der Waals surface area contributed by atoms with Gasteiger partial charge in [-0.3, -0.25) is 14.2 Å². The molecular formula is C15H18BrN3O2. The zero-order valence-electron chi connectivity index (χ0n) is 12.0. The highest BCUT2D eigenvalue weighted by atomic mass is 79.9. The number of aryl methyl sites for hydroxylation is 1. The summed E-state index contributed by atoms with van der Waals surface area (Å²) in [6, 6.07) is 1.74. The molecule has 1 saturated heterocycles. The van der Waals surface area contributed by atoms with Crippen molar-refractivity contribution in [3.05, 3.63) is 32.2 Å². The fraction of sp³-hybridized carbons (Fsp3) is 0.600. The average Bonchev–Trinajstić information content (AvgIpc) is 2.69. The number of rotatable bonds is 0. The summed E-state index contributed by atoms with van der Waals surface area (Å²) in [5, 5.41) is 6.46. The third-order valence-electron chi connectivity index (χ3n) is 5.47. The predicted molar refractivity (Wildman–Crippen MR) is 82.3 cm³/mol. The molecule has 2 aliphatic heterocycles. The van der Waals surface area contributed by atoms with Crippen LogP contribution in [0.1, 0.15) is 41.7 Å². The third kappa shape index (κ3) is 1.72. The maximum atomic E-state index is 12.6. The lowest BCUT2D eigenvalue weighted by Crippen LogP contribution is -2.60. The lowest BCUT2D eigenvalue weighted by atomic mass is 9.66. The van der Waals surface area contributed by atoms with Gasteiger partial charge in [-0.2, -0.15) is 0 Å². The van der Waals surface area contributed by atoms with Crippen LogP contribution in [0, 0.1) is 12.3 Å². The van der Waals surface area contributed by atoms with Crippen LogP contribution in [0.3, 0.4) is 0 Å². The van der Waals surface area contributed by atoms with Crippen LogP contribution >= 0.6 is 15.9 Å². The molecule has 1 aromatic rings. The number of fused-ring (bicyclic) bond motifs is 2. The number of halogens is 1. The number of amides is 1. The van der Waals surface area contributed by atoms with Crippen molar-refractivity contribution < 1.29 is 4.79 Å². The summed E-state index contributed by atoms with van der Waals surface area (Å²) in [5.74, 6) is -0.111. The number of hydrogen-bond donors (Lipinski definition) is 2. The molecule has 1 saturated carbocycles. The van der Waals surface area contributed by atoms with Crippen LogP contribution in [0.5, 0.6) is 0 Å². The van der Waals surface area contributed by atoms with Crippen molar-refractivity contribution >= 4 is 21.8 Å². The van der Waals surface area contributed by atoms with E-state index in [1.54, 1.807) is 10.6 Å². The van der Waals surface area contributed by atoms with Gasteiger partial charge in [0, 0.05) is 13.1 Å². The maximum Gasteiger partial charge on any atom is 0.270 e. The Balaban J connectivity index is 1.81. The number of carbonyl (C=O) groups is 1. The second-order valence-corrected chi connectivity index (χ2v) is 7.61. The molecule has 3 heterocycles. The molecule has 2 spiro atoms. The first-order valence-electron chi connectivity index (χ1n) is 7.42. The third-order valence-corrected chi connectivity index (χ3v) is 6.04. The zero-order valence-corrected chi connectivity index (χ0v) is 13.5. The van der Waals surface area contributed by atoms with E-state index in [9.17, 15) is 9.59 Å². The average molecular weight is 352 g/mol. The molecule has 5 nitrogen and oxygen atoms in total. The first kappa shape index (κ1) is 13.5. The molecule has 0 aromatic carbocycles. The lowest BCUT2D eigenvalue weighted by Gasteiger charge is -2.50. The normalized spacial score (nSPS) is 24.8. The zero-order chi connectivity index (χ0) is 14.8. The van der Waals surface area contributed by atoms with Gasteiger partial charge in [-0.05, 0) is 65.6 Å². The quantitative estimate of drug-likeness (QED) is 0.744. The first-order valence-corrected chi connectivity index (χ1v) is 8.22. The summed E-state index contributed by atoms with van der Waals surface area (Å²) in [6.45, 7) is 4.02. The summed E-state index contributed by atoms with van der Waals surface area (Å²) in [6.07, 6.45) is 3.78. The van der Waals surface area contributed by atoms with E-state index in [1.807, 2.05) is 6.92 Å². The van der Waals surface area contributed by atoms with E-state index < -0.39 is 5.66 Å². The van der Waals surface area contributed by atoms with Gasteiger partial charge in [-0.1, -0.05) is 0 Å². The smallest absolute Gasteiger partial charge is 0.270 e. The summed E-state index contributed by atoms with van der Waals surface area (Å²) < 4.78 is 2.25. The fourth-order valence-electron chi connectivity index (χ4n) is 4.09. The lowest BCUT2D eigenvalue weighted by molar-refractivity contribution is 0.0294. The van der Waals surface area contributed by atoms with Crippen LogP contribution in [0.15, 0.2) is 15.3 Å². The van der Waals surface area contributed by atoms with Crippen molar-refractivity contribution in [2.75, 3.05) is 13.1 Å². The molecule has 21 heavy (non-hydrogen) atoms. The van der Waals surface area contributed by atoms with Crippen molar-refractivity contribution in [3.8, 4) is 0 Å². The van der Waals surface area contributed by atoms with E-state index in [-0.39, 0.29) is 11.5 Å². The van der Waals surface area contributed by atoms with Crippen LogP contribution in [0.4, 0.5) is 0 Å². The van der Waals surface area contributed by atoms with Gasteiger partial charge in [-0.15, -0.1) is 0 Å². The molecule has 4 rings (SSSR count). The van der Waals surface area contributed by atoms with Crippen molar-refractivity contribution in [1.82, 2.24) is 15.2 Å². The SMILES string of the molecule is Cc1cc(Br)c(=O)n2c1C(=O)NC21CCC2(CC1)CNC2. The molecule has 0 radical (unpaired) electrons. The predicted octanol–water partition coefficient (Wildman–Crippen LogP) is 1.48. The Bertz CT molecular complexity index is 696. The van der Waals surface area contributed by atoms with Crippen LogP contribution in [0.2, 0.25) is 0 Å². The molecule has 6 heteroatoms. The number of nitrogens with one attached hydrogen (secondary N) is 2. The molecular weight excluding hydrogens is 334 g/mol. The number of aromatic nitrogens is 1. The molecule has 1 amide bonds. The van der Waals surface area contributed by atoms with Crippen molar-refractivity contribution in [2.45, 2.75) is 38.3 Å². The molecule has 2 fully saturated rings. The Morgan fingerprint density at radius 2 is 1.86 bits per heavy atom. The summed E-state index contributed by atoms with van der Waals surface area (Å²) in [5.41, 5.74) is 1.16. The van der Waals surface area contributed by atoms with E-state index in [0.29, 0.717) is 15.6 Å². The van der Waals surface area contributed by atoms with Gasteiger partial charge >= 0.3 is 0 Å². The Morgan fingerprint density at radius 3 is 2.43 bits per heavy atom. The van der Waals surface area contributed by atoms with Gasteiger partial charge in [0.2, 0.25) is 0 Å². The largest absolute Gasteiger partial charge is 0.327 e. The van der Waals surface area contributed by atoms with Crippen molar-refractivity contribution in [2.24, 2.45) is 5.41 Å². The number of hydrogen-bond acceptors (Lipinski definition) is 3. The molecule has 0 atom stereocenters. The van der Waals surface area contributed by atoms with E-state index >= 15 is 0 Å². The van der Waals surface area contributed by atoms with Gasteiger partial charge in [0.05, 0.1) is 4.47 Å². The summed E-state index contributed by atoms with van der Waals surface area (Å²) in [4.78, 5) is 25.0. The summed E-state index contributed by atoms with van der Waals surface area (Å²) >= 11 is 3.33. The highest BCUT2D eigenvalue weighted by molar-refractivity contribution is 9.10. The molecule has 1 aliphatic carbocycles. The van der Waals surface area contributed by atoms with Gasteiger partial charge in [0.15, 0.2) is 0 Å². The van der Waals surface area contributed by atoms with Crippen LogP contribution in [-0.2, 0) is 5.66 Å². The maximum absolute atomic E-state index is 12.6. The number of pyridine rings is 1. The van der Waals surface area contributed by atoms with E-state index in [0.717, 1.165) is 44.3 Å². The molecule has 2 N–H and O–H groups in total. The Morgan fingerprint density at radius 1 is 1.19 bits per heavy atom. The van der Waals surface area contributed by atoms with Crippen LogP contribution in [-0.4, -0.2) is 23.6 Å². The number of nitrogens with zero attached hydrogens (tertiary/aromatic N) is 1. The van der Waals surface area contributed by atoms with Crippen LogP contribution in [0.25, 0.3) is 0 Å². The molecule has 1 aromatic heterocycles. The van der Waals surface area contributed by atoms with Gasteiger partial charge in [0.1, 0.15) is 11.4 Å². The highest BCUT2D eigenvalue weighted by Crippen LogP contribution is 2.47. The molecule has 0 bridgehead atoms. The van der Waals surface area contributed by atoms with Gasteiger partial charge in [-0.25, -0.2) is 0 Å². The van der Waals surface area contributed by atoms with Crippen molar-refractivity contribution in [1.29, 1.82) is 0 Å². The van der Waals surface area contributed by atoms with Crippen LogP contribution < -0.4 is 16.2 Å². The standard InChI is InChI=1S/C15H18BrN3O2/c1-9-6-10(16)13(21)19-11(9)12(20)18-15(19)4-2-14(3-5-15)7-17-8-14/h6,17H,2-5,7-8H2,1H3,(H,18,20). The monoisotopic (exact) mass is 351 g/mol. The Labute approximate surface area is 131 Å². The number of carbonyl (C=O) groups excluding carboxylic acids is 1.